The first-order valence-electron chi connectivity index (χ1n) is 17.4. The Morgan fingerprint density at radius 3 is 1.22 bits per heavy atom. The van der Waals surface area contributed by atoms with Crippen molar-refractivity contribution in [2.24, 2.45) is 0 Å². The van der Waals surface area contributed by atoms with Crippen molar-refractivity contribution in [3.8, 4) is 0 Å². The van der Waals surface area contributed by atoms with Gasteiger partial charge < -0.3 is 25.6 Å². The van der Waals surface area contributed by atoms with Crippen molar-refractivity contribution in [2.75, 3.05) is 10.6 Å². The number of carbonyl (C=O) groups excluding carboxylic acids is 5. The number of fused-ring (bicyclic) bond motifs is 3. The van der Waals surface area contributed by atoms with E-state index in [-0.39, 0.29) is 61.9 Å². The summed E-state index contributed by atoms with van der Waals surface area (Å²) in [5.41, 5.74) is 2.00. The molecule has 0 unspecified atom stereocenters. The average Bonchev–Trinajstić information content (AvgIpc) is 3.25. The maximum Gasteiger partial charge on any atom is 1.00 e. The van der Waals surface area contributed by atoms with Crippen LogP contribution < -0.4 is 45.3 Å². The van der Waals surface area contributed by atoms with Crippen LogP contribution in [0, 0.1) is 0 Å². The van der Waals surface area contributed by atoms with Crippen LogP contribution in [0.15, 0.2) is 168 Å². The predicted octanol–water partition coefficient (Wildman–Crippen LogP) is 6.00. The molecule has 2 amide bonds. The van der Waals surface area contributed by atoms with Crippen molar-refractivity contribution in [1.29, 1.82) is 0 Å². The second-order valence-corrected chi connectivity index (χ2v) is 13.2. The number of rotatable bonds is 6. The van der Waals surface area contributed by atoms with E-state index >= 15 is 0 Å². The summed E-state index contributed by atoms with van der Waals surface area (Å²) in [4.78, 5) is 70.2. The van der Waals surface area contributed by atoms with E-state index in [1.807, 2.05) is 72.8 Å². The van der Waals surface area contributed by atoms with Gasteiger partial charge in [0.15, 0.2) is 0 Å². The molecule has 10 nitrogen and oxygen atoms in total. The van der Waals surface area contributed by atoms with E-state index in [0.29, 0.717) is 22.5 Å². The number of benzene rings is 7. The van der Waals surface area contributed by atoms with Crippen LogP contribution in [0.4, 0.5) is 11.4 Å². The molecule has 8 rings (SSSR count). The SMILES string of the molecule is O=C(O)c1ccccc1C(=O)Nc1cccc2ccccc12.O=C([O-])c1ccccc1C(=O)Nc1cccc2ccccc12.O=C1C(Cl)=C(Cl)C(=O)c2ccccc21.[Na+]. The van der Waals surface area contributed by atoms with E-state index in [2.05, 4.69) is 10.6 Å². The van der Waals surface area contributed by atoms with E-state index in [0.717, 1.165) is 21.5 Å². The summed E-state index contributed by atoms with van der Waals surface area (Å²) in [6, 6.07) is 45.1. The minimum absolute atomic E-state index is 0. The first-order valence-corrected chi connectivity index (χ1v) is 18.2. The van der Waals surface area contributed by atoms with Crippen molar-refractivity contribution in [3.63, 3.8) is 0 Å². The monoisotopic (exact) mass is 830 g/mol. The number of anilines is 2. The van der Waals surface area contributed by atoms with Crippen LogP contribution in [0.5, 0.6) is 0 Å². The van der Waals surface area contributed by atoms with E-state index in [1.165, 1.54) is 24.3 Å². The molecular formula is C46H29Cl2N2NaO8. The number of Topliss-reactive ketones (excluding diaryl/α,β-unsaturated/α-hetero) is 2. The number of halogens is 2. The number of carbonyl (C=O) groups is 6. The summed E-state index contributed by atoms with van der Waals surface area (Å²) in [6.45, 7) is 0. The molecule has 1 aliphatic rings. The maximum atomic E-state index is 12.4. The summed E-state index contributed by atoms with van der Waals surface area (Å²) >= 11 is 11.2. The second-order valence-electron chi connectivity index (χ2n) is 12.5. The predicted molar refractivity (Wildman–Crippen MR) is 222 cm³/mol. The van der Waals surface area contributed by atoms with E-state index in [4.69, 9.17) is 23.2 Å². The number of carboxylic acids is 2. The zero-order valence-corrected chi connectivity index (χ0v) is 34.6. The van der Waals surface area contributed by atoms with Gasteiger partial charge in [0.05, 0.1) is 17.1 Å². The van der Waals surface area contributed by atoms with Crippen LogP contribution in [0.25, 0.3) is 21.5 Å². The van der Waals surface area contributed by atoms with Crippen molar-refractivity contribution in [2.45, 2.75) is 0 Å². The van der Waals surface area contributed by atoms with Gasteiger partial charge in [-0.2, -0.15) is 0 Å². The third-order valence-corrected chi connectivity index (χ3v) is 9.70. The molecule has 0 radical (unpaired) electrons. The van der Waals surface area contributed by atoms with E-state index < -0.39 is 35.3 Å². The standard InChI is InChI=1S/2C18H13NO3.C10H4Cl2O2.Na/c2*20-17(14-9-3-4-10-15(14)18(21)22)19-16-11-5-7-12-6-1-2-8-13(12)16;11-7-8(12)10(14)6-4-2-1-3-5(6)9(7)13;/h2*1-11H,(H,19,20)(H,21,22);1-4H;/q;;;+1/p-1. The second kappa shape index (κ2) is 19.8. The van der Waals surface area contributed by atoms with Crippen LogP contribution in [0.2, 0.25) is 0 Å². The van der Waals surface area contributed by atoms with E-state index in [1.54, 1.807) is 60.7 Å². The zero-order valence-electron chi connectivity index (χ0n) is 31.1. The molecule has 0 saturated carbocycles. The molecule has 0 bridgehead atoms. The Hall–Kier alpha value is -6.40. The first-order chi connectivity index (χ1) is 28.0. The Morgan fingerprint density at radius 2 is 0.797 bits per heavy atom. The molecule has 13 heteroatoms. The summed E-state index contributed by atoms with van der Waals surface area (Å²) in [5, 5.41) is 29.2. The third kappa shape index (κ3) is 10.0. The summed E-state index contributed by atoms with van der Waals surface area (Å²) in [7, 11) is 0. The molecule has 0 saturated heterocycles. The van der Waals surface area contributed by atoms with Gasteiger partial charge in [0.2, 0.25) is 11.6 Å². The van der Waals surface area contributed by atoms with Gasteiger partial charge in [-0.05, 0) is 41.1 Å². The molecule has 0 aliphatic heterocycles. The van der Waals surface area contributed by atoms with Crippen LogP contribution in [0.3, 0.4) is 0 Å². The van der Waals surface area contributed by atoms with Gasteiger partial charge in [-0.25, -0.2) is 4.79 Å². The number of aromatic carboxylic acids is 2. The number of amides is 2. The molecule has 286 valence electrons. The maximum absolute atomic E-state index is 12.4. The average molecular weight is 832 g/mol. The number of hydrogen-bond acceptors (Lipinski definition) is 7. The zero-order chi connectivity index (χ0) is 41.3. The van der Waals surface area contributed by atoms with Crippen LogP contribution in [-0.2, 0) is 0 Å². The number of carboxylic acid groups (broad SMARTS) is 2. The van der Waals surface area contributed by atoms with Gasteiger partial charge in [-0.1, -0.05) is 151 Å². The minimum Gasteiger partial charge on any atom is -0.545 e. The van der Waals surface area contributed by atoms with Gasteiger partial charge in [0.25, 0.3) is 11.8 Å². The Labute approximate surface area is 369 Å². The molecule has 1 aliphatic carbocycles. The van der Waals surface area contributed by atoms with Gasteiger partial charge in [-0.3, -0.25) is 19.2 Å². The summed E-state index contributed by atoms with van der Waals surface area (Å²) in [6.07, 6.45) is 0. The molecule has 59 heavy (non-hydrogen) atoms. The van der Waals surface area contributed by atoms with Crippen molar-refractivity contribution < 1.29 is 68.5 Å². The fraction of sp³-hybridized carbons (Fsp3) is 0. The Morgan fingerprint density at radius 1 is 0.458 bits per heavy atom. The van der Waals surface area contributed by atoms with Gasteiger partial charge in [-0.15, -0.1) is 0 Å². The molecule has 3 N–H and O–H groups in total. The smallest absolute Gasteiger partial charge is 0.545 e. The quantitative estimate of drug-likeness (QED) is 0.171. The number of allylic oxidation sites excluding steroid dienone is 2. The van der Waals surface area contributed by atoms with E-state index in [9.17, 15) is 39.0 Å². The summed E-state index contributed by atoms with van der Waals surface area (Å²) < 4.78 is 0. The largest absolute Gasteiger partial charge is 1.00 e. The number of nitrogens with one attached hydrogen (secondary N) is 2. The van der Waals surface area contributed by atoms with Gasteiger partial charge in [0.1, 0.15) is 10.1 Å². The molecule has 0 aromatic heterocycles. The Kier molecular flexibility index (Phi) is 14.7. The van der Waals surface area contributed by atoms with Crippen molar-refractivity contribution in [1.82, 2.24) is 0 Å². The normalized spacial score (nSPS) is 11.5. The summed E-state index contributed by atoms with van der Waals surface area (Å²) in [5.74, 6) is -4.20. The molecule has 0 atom stereocenters. The molecule has 0 fully saturated rings. The fourth-order valence-electron chi connectivity index (χ4n) is 6.09. The van der Waals surface area contributed by atoms with Crippen LogP contribution in [0.1, 0.15) is 62.1 Å². The van der Waals surface area contributed by atoms with Gasteiger partial charge in [0, 0.05) is 44.4 Å². The topological polar surface area (TPSA) is 170 Å². The van der Waals surface area contributed by atoms with Crippen LogP contribution in [-0.4, -0.2) is 40.4 Å². The minimum atomic E-state index is -1.37. The molecule has 0 heterocycles. The molecule has 0 spiro atoms. The number of ketones is 2. The molecular weight excluding hydrogens is 802 g/mol. The van der Waals surface area contributed by atoms with Crippen molar-refractivity contribution >= 4 is 91.4 Å². The van der Waals surface area contributed by atoms with Crippen LogP contribution >= 0.6 is 23.2 Å². The Balaban J connectivity index is 0.000000171. The van der Waals surface area contributed by atoms with Crippen molar-refractivity contribution in [3.05, 3.63) is 201 Å². The first kappa shape index (κ1) is 43.7. The Bertz CT molecular complexity index is 2620. The number of hydrogen-bond donors (Lipinski definition) is 3. The fourth-order valence-corrected chi connectivity index (χ4v) is 6.47. The molecule has 7 aromatic carbocycles. The van der Waals surface area contributed by atoms with Gasteiger partial charge >= 0.3 is 35.5 Å². The molecule has 7 aromatic rings. The third-order valence-electron chi connectivity index (χ3n) is 8.88.